The average molecular weight is 530 g/mol. The van der Waals surface area contributed by atoms with E-state index >= 15 is 0 Å². The molecule has 5 rings (SSSR count). The summed E-state index contributed by atoms with van der Waals surface area (Å²) >= 11 is 7.71. The van der Waals surface area contributed by atoms with E-state index in [2.05, 4.69) is 55.6 Å². The maximum atomic E-state index is 13.6. The van der Waals surface area contributed by atoms with Gasteiger partial charge in [0.2, 0.25) is 0 Å². The number of fused-ring (bicyclic) bond motifs is 2. The number of halogens is 1. The number of aliphatic imine (C=N–C) groups is 1. The van der Waals surface area contributed by atoms with Crippen LogP contribution >= 0.6 is 22.9 Å². The Labute approximate surface area is 227 Å². The highest BCUT2D eigenvalue weighted by Crippen LogP contribution is 2.45. The van der Waals surface area contributed by atoms with Crippen LogP contribution in [-0.2, 0) is 19.4 Å². The van der Waals surface area contributed by atoms with Gasteiger partial charge in [-0.1, -0.05) is 56.6 Å². The molecule has 0 saturated heterocycles. The molecule has 1 aliphatic carbocycles. The number of benzene rings is 2. The van der Waals surface area contributed by atoms with E-state index in [4.69, 9.17) is 16.6 Å². The molecule has 1 amide bonds. The lowest BCUT2D eigenvalue weighted by Gasteiger charge is -2.33. The molecule has 37 heavy (non-hydrogen) atoms. The summed E-state index contributed by atoms with van der Waals surface area (Å²) < 4.78 is 2.17. The highest BCUT2D eigenvalue weighted by Gasteiger charge is 2.33. The second-order valence-electron chi connectivity index (χ2n) is 10.8. The van der Waals surface area contributed by atoms with Gasteiger partial charge in [-0.2, -0.15) is 0 Å². The zero-order chi connectivity index (χ0) is 26.2. The zero-order valence-electron chi connectivity index (χ0n) is 21.6. The van der Waals surface area contributed by atoms with E-state index in [9.17, 15) is 4.79 Å². The van der Waals surface area contributed by atoms with Crippen LogP contribution in [0.4, 0.5) is 10.7 Å². The molecule has 4 nitrogen and oxygen atoms in total. The second kappa shape index (κ2) is 10.3. The van der Waals surface area contributed by atoms with Crippen molar-refractivity contribution in [2.75, 3.05) is 5.32 Å². The topological polar surface area (TPSA) is 46.4 Å². The summed E-state index contributed by atoms with van der Waals surface area (Å²) in [5.41, 5.74) is 4.97. The lowest BCUT2D eigenvalue weighted by atomic mass is 9.72. The van der Waals surface area contributed by atoms with Gasteiger partial charge < -0.3 is 9.88 Å². The van der Waals surface area contributed by atoms with Crippen molar-refractivity contribution in [3.05, 3.63) is 94.0 Å². The Morgan fingerprint density at radius 2 is 1.97 bits per heavy atom. The van der Waals surface area contributed by atoms with Gasteiger partial charge in [0.15, 0.2) is 0 Å². The van der Waals surface area contributed by atoms with E-state index < -0.39 is 0 Å². The molecule has 1 N–H and O–H groups in total. The van der Waals surface area contributed by atoms with Crippen LogP contribution in [0.1, 0.15) is 53.6 Å². The van der Waals surface area contributed by atoms with Gasteiger partial charge >= 0.3 is 0 Å². The predicted molar refractivity (Wildman–Crippen MR) is 158 cm³/mol. The third-order valence-electron chi connectivity index (χ3n) is 7.27. The highest BCUT2D eigenvalue weighted by molar-refractivity contribution is 7.16. The molecule has 0 fully saturated rings. The van der Waals surface area contributed by atoms with E-state index in [0.717, 1.165) is 58.5 Å². The van der Waals surface area contributed by atoms with Crippen LogP contribution in [0.15, 0.2) is 72.4 Å². The van der Waals surface area contributed by atoms with Crippen LogP contribution < -0.4 is 5.32 Å². The number of allylic oxidation sites excluding steroid dienone is 1. The molecule has 0 unspecified atom stereocenters. The summed E-state index contributed by atoms with van der Waals surface area (Å²) in [4.78, 5) is 19.8. The number of para-hydroxylation sites is 1. The first kappa shape index (κ1) is 25.5. The van der Waals surface area contributed by atoms with Crippen molar-refractivity contribution in [1.82, 2.24) is 4.57 Å². The Hall–Kier alpha value is -3.15. The second-order valence-corrected chi connectivity index (χ2v) is 12.3. The van der Waals surface area contributed by atoms with Gasteiger partial charge in [-0.05, 0) is 66.5 Å². The number of carbonyl (C=O) groups is 1. The lowest BCUT2D eigenvalue weighted by Crippen LogP contribution is -2.27. The van der Waals surface area contributed by atoms with Crippen molar-refractivity contribution in [2.45, 2.75) is 46.6 Å². The minimum Gasteiger partial charge on any atom is -0.343 e. The van der Waals surface area contributed by atoms with Gasteiger partial charge in [0, 0.05) is 51.0 Å². The molecule has 6 heteroatoms. The molecule has 0 bridgehead atoms. The van der Waals surface area contributed by atoms with Gasteiger partial charge in [0.25, 0.3) is 5.91 Å². The summed E-state index contributed by atoms with van der Waals surface area (Å²) in [5, 5.41) is 5.61. The van der Waals surface area contributed by atoms with Gasteiger partial charge in [0.1, 0.15) is 5.00 Å². The first-order valence-electron chi connectivity index (χ1n) is 12.7. The molecule has 190 valence electrons. The summed E-state index contributed by atoms with van der Waals surface area (Å²) in [6, 6.07) is 15.5. The summed E-state index contributed by atoms with van der Waals surface area (Å²) in [6.07, 6.45) is 8.86. The fourth-order valence-electron chi connectivity index (χ4n) is 5.16. The maximum Gasteiger partial charge on any atom is 0.259 e. The van der Waals surface area contributed by atoms with E-state index in [1.165, 1.54) is 4.88 Å². The van der Waals surface area contributed by atoms with E-state index in [1.54, 1.807) is 23.5 Å². The number of hydrogen-bond donors (Lipinski definition) is 1. The standard InChI is InChI=1S/C31H32ClN3OS/c1-5-16-35-19-20(24-8-6-7-9-26(24)35)18-33-30-28(29(36)34-23-13-11-22(32)12-14-23)25-15-10-21(31(2,3)4)17-27(25)37-30/h5-9,11-14,18-19,21H,1,10,15-17H2,2-4H3,(H,34,36)/t21-/m0/s1. The zero-order valence-corrected chi connectivity index (χ0v) is 23.1. The molecule has 0 saturated carbocycles. The molecular weight excluding hydrogens is 498 g/mol. The van der Waals surface area contributed by atoms with Crippen LogP contribution in [0.3, 0.4) is 0 Å². The van der Waals surface area contributed by atoms with Gasteiger partial charge in [-0.3, -0.25) is 4.79 Å². The number of thiophene rings is 1. The van der Waals surface area contributed by atoms with Crippen LogP contribution in [0.5, 0.6) is 0 Å². The number of aromatic nitrogens is 1. The third kappa shape index (κ3) is 5.29. The largest absolute Gasteiger partial charge is 0.343 e. The number of nitrogens with zero attached hydrogens (tertiary/aromatic N) is 2. The average Bonchev–Trinajstić information content (AvgIpc) is 3.41. The number of hydrogen-bond acceptors (Lipinski definition) is 3. The number of anilines is 1. The molecule has 1 aliphatic rings. The minimum absolute atomic E-state index is 0.115. The van der Waals surface area contributed by atoms with Gasteiger partial charge in [-0.25, -0.2) is 4.99 Å². The summed E-state index contributed by atoms with van der Waals surface area (Å²) in [5.74, 6) is 0.467. The fourth-order valence-corrected chi connectivity index (χ4v) is 6.55. The summed E-state index contributed by atoms with van der Waals surface area (Å²) in [6.45, 7) is 11.5. The van der Waals surface area contributed by atoms with Crippen molar-refractivity contribution in [1.29, 1.82) is 0 Å². The minimum atomic E-state index is -0.115. The van der Waals surface area contributed by atoms with E-state index in [1.807, 2.05) is 36.6 Å². The SMILES string of the molecule is C=CCn1cc(C=Nc2sc3c(c2C(=O)Nc2ccc(Cl)cc2)CC[C@H](C(C)(C)C)C3)c2ccccc21. The summed E-state index contributed by atoms with van der Waals surface area (Å²) in [7, 11) is 0. The van der Waals surface area contributed by atoms with Gasteiger partial charge in [-0.15, -0.1) is 17.9 Å². The molecule has 0 radical (unpaired) electrons. The predicted octanol–water partition coefficient (Wildman–Crippen LogP) is 8.70. The fraction of sp³-hybridized carbons (Fsp3) is 0.290. The Kier molecular flexibility index (Phi) is 7.11. The molecule has 2 heterocycles. The first-order valence-corrected chi connectivity index (χ1v) is 13.9. The lowest BCUT2D eigenvalue weighted by molar-refractivity contribution is 0.102. The maximum absolute atomic E-state index is 13.6. The molecule has 1 atom stereocenters. The quantitative estimate of drug-likeness (QED) is 0.197. The van der Waals surface area contributed by atoms with Crippen LogP contribution in [0.25, 0.3) is 10.9 Å². The van der Waals surface area contributed by atoms with Crippen molar-refractivity contribution >= 4 is 56.7 Å². The number of amides is 1. The monoisotopic (exact) mass is 529 g/mol. The molecular formula is C31H32ClN3OS. The smallest absolute Gasteiger partial charge is 0.259 e. The number of rotatable bonds is 6. The Bertz CT molecular complexity index is 1490. The normalized spacial score (nSPS) is 15.7. The number of carbonyl (C=O) groups excluding carboxylic acids is 1. The Morgan fingerprint density at radius 1 is 1.22 bits per heavy atom. The molecule has 0 spiro atoms. The third-order valence-corrected chi connectivity index (χ3v) is 8.68. The first-order chi connectivity index (χ1) is 17.7. The van der Waals surface area contributed by atoms with Crippen molar-refractivity contribution in [2.24, 2.45) is 16.3 Å². The Balaban J connectivity index is 1.54. The van der Waals surface area contributed by atoms with E-state index in [-0.39, 0.29) is 11.3 Å². The van der Waals surface area contributed by atoms with Crippen LogP contribution in [0.2, 0.25) is 5.02 Å². The Morgan fingerprint density at radius 3 is 2.70 bits per heavy atom. The van der Waals surface area contributed by atoms with Crippen molar-refractivity contribution in [3.63, 3.8) is 0 Å². The van der Waals surface area contributed by atoms with Crippen LogP contribution in [-0.4, -0.2) is 16.7 Å². The number of nitrogens with one attached hydrogen (secondary N) is 1. The van der Waals surface area contributed by atoms with Crippen molar-refractivity contribution < 1.29 is 4.79 Å². The van der Waals surface area contributed by atoms with E-state index in [0.29, 0.717) is 16.5 Å². The molecule has 2 aromatic carbocycles. The molecule has 2 aromatic heterocycles. The molecule has 4 aromatic rings. The van der Waals surface area contributed by atoms with Crippen LogP contribution in [0, 0.1) is 11.3 Å². The molecule has 0 aliphatic heterocycles. The van der Waals surface area contributed by atoms with Gasteiger partial charge in [0.05, 0.1) is 5.56 Å². The highest BCUT2D eigenvalue weighted by atomic mass is 35.5. The van der Waals surface area contributed by atoms with Crippen molar-refractivity contribution in [3.8, 4) is 0 Å².